The molecular formula is C16H30N4. The van der Waals surface area contributed by atoms with Crippen LogP contribution < -0.4 is 10.2 Å². The minimum Gasteiger partial charge on any atom is -0.356 e. The fourth-order valence-corrected chi connectivity index (χ4v) is 3.52. The van der Waals surface area contributed by atoms with Gasteiger partial charge in [0.25, 0.3) is 0 Å². The number of anilines is 1. The summed E-state index contributed by atoms with van der Waals surface area (Å²) in [5.41, 5.74) is 2.54. The van der Waals surface area contributed by atoms with Crippen molar-refractivity contribution in [3.8, 4) is 0 Å². The molecule has 0 aliphatic carbocycles. The second-order valence-electron chi connectivity index (χ2n) is 6.54. The quantitative estimate of drug-likeness (QED) is 0.841. The van der Waals surface area contributed by atoms with Gasteiger partial charge in [0.05, 0.1) is 5.69 Å². The standard InChI is InChI=1S/C16H30N4/c1-6-7-17-9-15-14(4)18-19(5)16(15)20-10-12(2)8-13(3)11-20/h12-13,17H,6-11H2,1-5H3. The number of rotatable bonds is 5. The van der Waals surface area contributed by atoms with E-state index in [0.29, 0.717) is 0 Å². The van der Waals surface area contributed by atoms with Crippen molar-refractivity contribution in [2.45, 2.75) is 47.1 Å². The van der Waals surface area contributed by atoms with Gasteiger partial charge in [0.2, 0.25) is 0 Å². The molecule has 4 nitrogen and oxygen atoms in total. The third-order valence-electron chi connectivity index (χ3n) is 4.21. The number of nitrogens with zero attached hydrogens (tertiary/aromatic N) is 3. The number of nitrogens with one attached hydrogen (secondary N) is 1. The maximum Gasteiger partial charge on any atom is 0.131 e. The van der Waals surface area contributed by atoms with Crippen molar-refractivity contribution < 1.29 is 0 Å². The Balaban J connectivity index is 2.20. The number of hydrogen-bond donors (Lipinski definition) is 1. The summed E-state index contributed by atoms with van der Waals surface area (Å²) in [5, 5.41) is 8.18. The molecule has 1 aromatic heterocycles. The molecule has 4 heteroatoms. The summed E-state index contributed by atoms with van der Waals surface area (Å²) in [5.74, 6) is 2.86. The molecule has 1 fully saturated rings. The predicted octanol–water partition coefficient (Wildman–Crippen LogP) is 2.71. The Kier molecular flexibility index (Phi) is 5.08. The summed E-state index contributed by atoms with van der Waals surface area (Å²) in [4.78, 5) is 2.54. The van der Waals surface area contributed by atoms with Crippen LogP contribution in [0.25, 0.3) is 0 Å². The summed E-state index contributed by atoms with van der Waals surface area (Å²) in [6.07, 6.45) is 2.52. The van der Waals surface area contributed by atoms with Gasteiger partial charge in [-0.05, 0) is 38.1 Å². The van der Waals surface area contributed by atoms with Gasteiger partial charge < -0.3 is 10.2 Å². The van der Waals surface area contributed by atoms with Crippen molar-refractivity contribution in [1.29, 1.82) is 0 Å². The maximum atomic E-state index is 4.65. The fraction of sp³-hybridized carbons (Fsp3) is 0.812. The molecule has 0 aromatic carbocycles. The molecule has 1 saturated heterocycles. The number of piperidine rings is 1. The molecule has 0 bridgehead atoms. The lowest BCUT2D eigenvalue weighted by molar-refractivity contribution is 0.352. The van der Waals surface area contributed by atoms with Crippen LogP contribution >= 0.6 is 0 Å². The van der Waals surface area contributed by atoms with Crippen molar-refractivity contribution in [2.24, 2.45) is 18.9 Å². The minimum absolute atomic E-state index is 0.769. The lowest BCUT2D eigenvalue weighted by Crippen LogP contribution is -2.40. The van der Waals surface area contributed by atoms with Crippen LogP contribution in [-0.2, 0) is 13.6 Å². The highest BCUT2D eigenvalue weighted by atomic mass is 15.4. The molecule has 20 heavy (non-hydrogen) atoms. The third kappa shape index (κ3) is 3.35. The van der Waals surface area contributed by atoms with Crippen molar-refractivity contribution in [1.82, 2.24) is 15.1 Å². The van der Waals surface area contributed by atoms with Gasteiger partial charge in [0.1, 0.15) is 5.82 Å². The Morgan fingerprint density at radius 3 is 2.50 bits per heavy atom. The first-order valence-electron chi connectivity index (χ1n) is 8.01. The molecule has 1 aliphatic rings. The highest BCUT2D eigenvalue weighted by Gasteiger charge is 2.26. The Morgan fingerprint density at radius 1 is 1.25 bits per heavy atom. The van der Waals surface area contributed by atoms with Crippen LogP contribution in [0.5, 0.6) is 0 Å². The lowest BCUT2D eigenvalue weighted by atomic mass is 9.91. The van der Waals surface area contributed by atoms with Crippen LogP contribution in [0.1, 0.15) is 44.9 Å². The topological polar surface area (TPSA) is 33.1 Å². The average molecular weight is 278 g/mol. The molecule has 2 unspecified atom stereocenters. The van der Waals surface area contributed by atoms with E-state index in [-0.39, 0.29) is 0 Å². The number of hydrogen-bond acceptors (Lipinski definition) is 3. The first kappa shape index (κ1) is 15.4. The SMILES string of the molecule is CCCNCc1c(C)nn(C)c1N1CC(C)CC(C)C1. The van der Waals surface area contributed by atoms with Crippen molar-refractivity contribution in [3.05, 3.63) is 11.3 Å². The fourth-order valence-electron chi connectivity index (χ4n) is 3.52. The number of aromatic nitrogens is 2. The van der Waals surface area contributed by atoms with Crippen LogP contribution in [0.15, 0.2) is 0 Å². The van der Waals surface area contributed by atoms with E-state index >= 15 is 0 Å². The Bertz CT molecular complexity index is 428. The number of aryl methyl sites for hydroxylation is 2. The zero-order valence-electron chi connectivity index (χ0n) is 13.7. The largest absolute Gasteiger partial charge is 0.356 e. The van der Waals surface area contributed by atoms with Crippen LogP contribution in [0.2, 0.25) is 0 Å². The van der Waals surface area contributed by atoms with E-state index in [2.05, 4.69) is 54.7 Å². The maximum absolute atomic E-state index is 4.65. The molecule has 2 heterocycles. The molecule has 0 saturated carbocycles. The van der Waals surface area contributed by atoms with E-state index in [1.54, 1.807) is 0 Å². The van der Waals surface area contributed by atoms with Gasteiger partial charge in [-0.3, -0.25) is 4.68 Å². The second kappa shape index (κ2) is 6.61. The molecule has 2 rings (SSSR count). The minimum atomic E-state index is 0.769. The van der Waals surface area contributed by atoms with Gasteiger partial charge in [-0.1, -0.05) is 20.8 Å². The summed E-state index contributed by atoms with van der Waals surface area (Å²) in [7, 11) is 2.08. The smallest absolute Gasteiger partial charge is 0.131 e. The Labute approximate surface area is 123 Å². The van der Waals surface area contributed by atoms with E-state index in [1.807, 2.05) is 0 Å². The van der Waals surface area contributed by atoms with Crippen LogP contribution in [0.3, 0.4) is 0 Å². The molecular weight excluding hydrogens is 248 g/mol. The van der Waals surface area contributed by atoms with Crippen molar-refractivity contribution in [3.63, 3.8) is 0 Å². The molecule has 114 valence electrons. The molecule has 1 aliphatic heterocycles. The Morgan fingerprint density at radius 2 is 1.90 bits per heavy atom. The van der Waals surface area contributed by atoms with E-state index < -0.39 is 0 Å². The van der Waals surface area contributed by atoms with Crippen molar-refractivity contribution in [2.75, 3.05) is 24.5 Å². The highest BCUT2D eigenvalue weighted by Crippen LogP contribution is 2.29. The predicted molar refractivity (Wildman–Crippen MR) is 85.1 cm³/mol. The first-order chi connectivity index (χ1) is 9.52. The van der Waals surface area contributed by atoms with Crippen LogP contribution in [0.4, 0.5) is 5.82 Å². The first-order valence-corrected chi connectivity index (χ1v) is 8.01. The van der Waals surface area contributed by atoms with Gasteiger partial charge >= 0.3 is 0 Å². The van der Waals surface area contributed by atoms with Gasteiger partial charge in [0.15, 0.2) is 0 Å². The van der Waals surface area contributed by atoms with E-state index in [0.717, 1.165) is 43.7 Å². The molecule has 0 amide bonds. The van der Waals surface area contributed by atoms with E-state index in [1.165, 1.54) is 24.2 Å². The molecule has 0 spiro atoms. The summed E-state index contributed by atoms with van der Waals surface area (Å²) >= 11 is 0. The normalized spacial score (nSPS) is 23.4. The average Bonchev–Trinajstić information content (AvgIpc) is 2.63. The monoisotopic (exact) mass is 278 g/mol. The highest BCUT2D eigenvalue weighted by molar-refractivity contribution is 5.50. The molecule has 1 aromatic rings. The zero-order valence-corrected chi connectivity index (χ0v) is 13.7. The molecule has 0 radical (unpaired) electrons. The zero-order chi connectivity index (χ0) is 14.7. The summed E-state index contributed by atoms with van der Waals surface area (Å²) in [6, 6.07) is 0. The van der Waals surface area contributed by atoms with E-state index in [4.69, 9.17) is 0 Å². The summed E-state index contributed by atoms with van der Waals surface area (Å²) < 4.78 is 2.07. The summed E-state index contributed by atoms with van der Waals surface area (Å²) in [6.45, 7) is 13.4. The molecule has 1 N–H and O–H groups in total. The third-order valence-corrected chi connectivity index (χ3v) is 4.21. The van der Waals surface area contributed by atoms with Crippen LogP contribution in [0, 0.1) is 18.8 Å². The van der Waals surface area contributed by atoms with Gasteiger partial charge in [0, 0.05) is 32.2 Å². The Hall–Kier alpha value is -1.03. The van der Waals surface area contributed by atoms with E-state index in [9.17, 15) is 0 Å². The van der Waals surface area contributed by atoms with Gasteiger partial charge in [-0.2, -0.15) is 5.10 Å². The molecule has 2 atom stereocenters. The van der Waals surface area contributed by atoms with Gasteiger partial charge in [-0.25, -0.2) is 0 Å². The lowest BCUT2D eigenvalue weighted by Gasteiger charge is -2.37. The van der Waals surface area contributed by atoms with Crippen LogP contribution in [-0.4, -0.2) is 29.4 Å². The van der Waals surface area contributed by atoms with Gasteiger partial charge in [-0.15, -0.1) is 0 Å². The van der Waals surface area contributed by atoms with Crippen molar-refractivity contribution >= 4 is 5.82 Å². The second-order valence-corrected chi connectivity index (χ2v) is 6.54.